The molecule has 4 nitrogen and oxygen atoms in total. The fourth-order valence-electron chi connectivity index (χ4n) is 2.78. The fourth-order valence-corrected chi connectivity index (χ4v) is 2.78. The van der Waals surface area contributed by atoms with Crippen molar-refractivity contribution < 1.29 is 4.42 Å². The van der Waals surface area contributed by atoms with Crippen LogP contribution in [0.5, 0.6) is 0 Å². The van der Waals surface area contributed by atoms with Crippen molar-refractivity contribution >= 4 is 11.1 Å². The molecule has 0 aliphatic carbocycles. The van der Waals surface area contributed by atoms with Gasteiger partial charge in [0.25, 0.3) is 0 Å². The summed E-state index contributed by atoms with van der Waals surface area (Å²) in [5, 5.41) is 3.52. The molecule has 0 radical (unpaired) electrons. The molecule has 2 rings (SSSR count). The summed E-state index contributed by atoms with van der Waals surface area (Å²) in [4.78, 5) is 11.9. The van der Waals surface area contributed by atoms with Gasteiger partial charge in [-0.25, -0.2) is 4.79 Å². The van der Waals surface area contributed by atoms with E-state index in [0.29, 0.717) is 18.2 Å². The molecule has 1 atom stereocenters. The maximum Gasteiger partial charge on any atom is 0.419 e. The van der Waals surface area contributed by atoms with E-state index in [4.69, 9.17) is 4.42 Å². The number of oxazole rings is 1. The molecule has 1 heterocycles. The smallest absolute Gasteiger partial charge is 0.408 e. The molecule has 2 aromatic rings. The zero-order valence-electron chi connectivity index (χ0n) is 13.3. The van der Waals surface area contributed by atoms with Gasteiger partial charge in [-0.2, -0.15) is 0 Å². The van der Waals surface area contributed by atoms with Gasteiger partial charge in [-0.1, -0.05) is 39.7 Å². The fraction of sp³-hybridized carbons (Fsp3) is 0.588. The third-order valence-corrected chi connectivity index (χ3v) is 3.84. The summed E-state index contributed by atoms with van der Waals surface area (Å²) in [6.07, 6.45) is 4.41. The first-order valence-electron chi connectivity index (χ1n) is 8.07. The minimum Gasteiger partial charge on any atom is -0.408 e. The molecule has 1 N–H and O–H groups in total. The van der Waals surface area contributed by atoms with Crippen molar-refractivity contribution in [1.29, 1.82) is 0 Å². The number of benzene rings is 1. The Morgan fingerprint density at radius 2 is 2.05 bits per heavy atom. The predicted octanol–water partition coefficient (Wildman–Crippen LogP) is 3.85. The molecule has 0 aliphatic heterocycles. The highest BCUT2D eigenvalue weighted by atomic mass is 16.4. The Balaban J connectivity index is 2.34. The van der Waals surface area contributed by atoms with Crippen LogP contribution >= 0.6 is 0 Å². The van der Waals surface area contributed by atoms with E-state index in [2.05, 4.69) is 32.2 Å². The highest BCUT2D eigenvalue weighted by Crippen LogP contribution is 2.23. The van der Waals surface area contributed by atoms with E-state index in [-0.39, 0.29) is 5.76 Å². The Kier molecular flexibility index (Phi) is 5.62. The zero-order chi connectivity index (χ0) is 15.2. The van der Waals surface area contributed by atoms with Gasteiger partial charge in [0.05, 0.1) is 5.52 Å². The number of nitrogens with zero attached hydrogens (tertiary/aromatic N) is 1. The summed E-state index contributed by atoms with van der Waals surface area (Å²) in [7, 11) is 0. The minimum atomic E-state index is -0.252. The van der Waals surface area contributed by atoms with Crippen molar-refractivity contribution in [2.24, 2.45) is 0 Å². The van der Waals surface area contributed by atoms with E-state index in [1.165, 1.54) is 18.4 Å². The highest BCUT2D eigenvalue weighted by molar-refractivity contribution is 5.74. The van der Waals surface area contributed by atoms with E-state index in [9.17, 15) is 4.79 Å². The van der Waals surface area contributed by atoms with Crippen LogP contribution in [0, 0.1) is 0 Å². The monoisotopic (exact) mass is 290 g/mol. The molecule has 1 unspecified atom stereocenters. The second-order valence-electron chi connectivity index (χ2n) is 5.50. The highest BCUT2D eigenvalue weighted by Gasteiger charge is 2.14. The number of aromatic nitrogens is 1. The van der Waals surface area contributed by atoms with Gasteiger partial charge in [-0.05, 0) is 37.1 Å². The van der Waals surface area contributed by atoms with Crippen LogP contribution in [-0.2, 0) is 6.54 Å². The molecular formula is C17H26N2O2. The molecule has 116 valence electrons. The average Bonchev–Trinajstić information content (AvgIpc) is 2.79. The zero-order valence-corrected chi connectivity index (χ0v) is 13.3. The van der Waals surface area contributed by atoms with E-state index >= 15 is 0 Å². The van der Waals surface area contributed by atoms with Crippen molar-refractivity contribution in [2.45, 2.75) is 59.0 Å². The molecule has 4 heteroatoms. The lowest BCUT2D eigenvalue weighted by Gasteiger charge is -2.18. The van der Waals surface area contributed by atoms with Gasteiger partial charge in [-0.15, -0.1) is 0 Å². The van der Waals surface area contributed by atoms with Crippen LogP contribution in [0.15, 0.2) is 27.4 Å². The maximum atomic E-state index is 11.9. The topological polar surface area (TPSA) is 47.2 Å². The summed E-state index contributed by atoms with van der Waals surface area (Å²) in [5.41, 5.74) is 2.80. The quantitative estimate of drug-likeness (QED) is 0.803. The third-order valence-electron chi connectivity index (χ3n) is 3.84. The van der Waals surface area contributed by atoms with Crippen LogP contribution < -0.4 is 11.1 Å². The van der Waals surface area contributed by atoms with Gasteiger partial charge in [0, 0.05) is 12.6 Å². The van der Waals surface area contributed by atoms with Crippen molar-refractivity contribution in [3.63, 3.8) is 0 Å². The summed E-state index contributed by atoms with van der Waals surface area (Å²) in [5.74, 6) is -0.252. The van der Waals surface area contributed by atoms with Crippen molar-refractivity contribution in [3.8, 4) is 0 Å². The summed E-state index contributed by atoms with van der Waals surface area (Å²) in [6.45, 7) is 8.03. The maximum absolute atomic E-state index is 11.9. The standard InChI is InChI=1S/C17H26N2O2/c1-4-7-8-14(18-6-3)13-9-10-15-16(12-13)21-17(20)19(15)11-5-2/h9-10,12,14,18H,4-8,11H2,1-3H3. The van der Waals surface area contributed by atoms with Crippen LogP contribution in [0.4, 0.5) is 0 Å². The molecule has 1 aromatic heterocycles. The van der Waals surface area contributed by atoms with Gasteiger partial charge in [0.15, 0.2) is 5.58 Å². The Morgan fingerprint density at radius 1 is 1.24 bits per heavy atom. The molecule has 0 bridgehead atoms. The number of aryl methyl sites for hydroxylation is 1. The van der Waals surface area contributed by atoms with Crippen molar-refractivity contribution in [3.05, 3.63) is 34.3 Å². The third kappa shape index (κ3) is 3.56. The molecule has 0 fully saturated rings. The number of rotatable bonds is 8. The lowest BCUT2D eigenvalue weighted by atomic mass is 10.0. The second-order valence-corrected chi connectivity index (χ2v) is 5.50. The number of hydrogen-bond acceptors (Lipinski definition) is 3. The van der Waals surface area contributed by atoms with E-state index in [1.54, 1.807) is 4.57 Å². The Labute approximate surface area is 126 Å². The summed E-state index contributed by atoms with van der Waals surface area (Å²) < 4.78 is 7.12. The first-order valence-corrected chi connectivity index (χ1v) is 8.07. The van der Waals surface area contributed by atoms with Gasteiger partial charge in [0.2, 0.25) is 0 Å². The lowest BCUT2D eigenvalue weighted by Crippen LogP contribution is -2.20. The summed E-state index contributed by atoms with van der Waals surface area (Å²) >= 11 is 0. The molecule has 0 aliphatic rings. The van der Waals surface area contributed by atoms with Crippen molar-refractivity contribution in [1.82, 2.24) is 9.88 Å². The first kappa shape index (κ1) is 15.8. The van der Waals surface area contributed by atoms with Crippen LogP contribution in [0.25, 0.3) is 11.1 Å². The van der Waals surface area contributed by atoms with Crippen LogP contribution in [-0.4, -0.2) is 11.1 Å². The van der Waals surface area contributed by atoms with E-state index in [1.807, 2.05) is 12.1 Å². The SMILES string of the molecule is CCCCC(NCC)c1ccc2c(c1)oc(=O)n2CCC. The number of unbranched alkanes of at least 4 members (excludes halogenated alkanes) is 1. The first-order chi connectivity index (χ1) is 10.2. The van der Waals surface area contributed by atoms with Crippen LogP contribution in [0.3, 0.4) is 0 Å². The lowest BCUT2D eigenvalue weighted by molar-refractivity contribution is 0.490. The molecule has 0 amide bonds. The van der Waals surface area contributed by atoms with Gasteiger partial charge >= 0.3 is 5.76 Å². The molecule has 0 saturated heterocycles. The van der Waals surface area contributed by atoms with Gasteiger partial charge in [0.1, 0.15) is 0 Å². The predicted molar refractivity (Wildman–Crippen MR) is 86.7 cm³/mol. The average molecular weight is 290 g/mol. The summed E-state index contributed by atoms with van der Waals surface area (Å²) in [6, 6.07) is 6.49. The Morgan fingerprint density at radius 3 is 2.71 bits per heavy atom. The number of hydrogen-bond donors (Lipinski definition) is 1. The Hall–Kier alpha value is -1.55. The van der Waals surface area contributed by atoms with Crippen molar-refractivity contribution in [2.75, 3.05) is 6.54 Å². The molecular weight excluding hydrogens is 264 g/mol. The molecule has 0 saturated carbocycles. The number of fused-ring (bicyclic) bond motifs is 1. The minimum absolute atomic E-state index is 0.252. The van der Waals surface area contributed by atoms with E-state index in [0.717, 1.165) is 24.9 Å². The Bertz CT molecular complexity index is 627. The normalized spacial score (nSPS) is 12.9. The van der Waals surface area contributed by atoms with Crippen LogP contribution in [0.2, 0.25) is 0 Å². The molecule has 21 heavy (non-hydrogen) atoms. The second kappa shape index (κ2) is 7.46. The van der Waals surface area contributed by atoms with Gasteiger partial charge < -0.3 is 9.73 Å². The number of nitrogens with one attached hydrogen (secondary N) is 1. The van der Waals surface area contributed by atoms with Gasteiger partial charge in [-0.3, -0.25) is 4.57 Å². The molecule has 0 spiro atoms. The van der Waals surface area contributed by atoms with E-state index < -0.39 is 0 Å². The largest absolute Gasteiger partial charge is 0.419 e. The van der Waals surface area contributed by atoms with Crippen LogP contribution in [0.1, 0.15) is 58.1 Å². The molecule has 1 aromatic carbocycles.